The minimum Gasteiger partial charge on any atom is -0.481 e. The number of hydrogen-bond acceptors (Lipinski definition) is 8. The fourth-order valence-corrected chi connectivity index (χ4v) is 6.11. The Morgan fingerprint density at radius 2 is 1.66 bits per heavy atom. The molecule has 2 aliphatic rings. The standard InChI is InChI=1S/C34H40N2O8/c1-4-22-7-6-8-23(5-2)32(22)35-30(37)19-36-18-27(25-11-14-28-29(17-25)44-21-43-28)31(34(38)39)33(36)24-9-12-26(13-10-24)42-20-41-16-15-40-3/h6-14,17,27,31,33H,4-5,15-16,18-21H2,1-3H3,(H,35,37)(H,38,39)/t27-,31?,33+/m1/s1. The van der Waals surface area contributed by atoms with Crippen LogP contribution in [0.1, 0.15) is 48.1 Å². The molecule has 0 saturated carbocycles. The van der Waals surface area contributed by atoms with E-state index in [1.165, 1.54) is 0 Å². The number of aryl methyl sites for hydroxylation is 2. The normalized spacial score (nSPS) is 19.2. The molecule has 5 rings (SSSR count). The molecule has 0 aromatic heterocycles. The van der Waals surface area contributed by atoms with Gasteiger partial charge in [-0.2, -0.15) is 0 Å². The molecule has 0 aliphatic carbocycles. The van der Waals surface area contributed by atoms with Gasteiger partial charge in [0.05, 0.1) is 25.7 Å². The molecule has 2 N–H and O–H groups in total. The quantitative estimate of drug-likeness (QED) is 0.193. The second-order valence-corrected chi connectivity index (χ2v) is 10.9. The van der Waals surface area contributed by atoms with Crippen molar-refractivity contribution < 1.29 is 38.4 Å². The molecule has 3 atom stereocenters. The Hall–Kier alpha value is -4.12. The number of nitrogens with one attached hydrogen (secondary N) is 1. The SMILES string of the molecule is CCc1cccc(CC)c1NC(=O)CN1C[C@H](c2ccc3c(c2)OCO3)C(C(=O)O)[C@@H]1c1ccc(OCOCCOC)cc1. The minimum absolute atomic E-state index is 0.0301. The second kappa shape index (κ2) is 14.6. The molecule has 1 fully saturated rings. The Labute approximate surface area is 257 Å². The summed E-state index contributed by atoms with van der Waals surface area (Å²) in [5.74, 6) is -0.505. The maximum Gasteiger partial charge on any atom is 0.309 e. The molecular formula is C34H40N2O8. The van der Waals surface area contributed by atoms with Crippen LogP contribution in [0.25, 0.3) is 0 Å². The summed E-state index contributed by atoms with van der Waals surface area (Å²) in [7, 11) is 1.60. The van der Waals surface area contributed by atoms with Crippen molar-refractivity contribution in [3.05, 3.63) is 82.9 Å². The number of anilines is 1. The van der Waals surface area contributed by atoms with Crippen molar-refractivity contribution in [2.24, 2.45) is 5.92 Å². The van der Waals surface area contributed by atoms with Crippen molar-refractivity contribution in [3.63, 3.8) is 0 Å². The number of amides is 1. The summed E-state index contributed by atoms with van der Waals surface area (Å²) in [5, 5.41) is 13.8. The molecule has 3 aromatic carbocycles. The van der Waals surface area contributed by atoms with E-state index < -0.39 is 17.9 Å². The van der Waals surface area contributed by atoms with Gasteiger partial charge in [0.1, 0.15) is 5.75 Å². The maximum atomic E-state index is 13.6. The summed E-state index contributed by atoms with van der Waals surface area (Å²) in [4.78, 5) is 28.5. The van der Waals surface area contributed by atoms with E-state index >= 15 is 0 Å². The van der Waals surface area contributed by atoms with Gasteiger partial charge in [-0.15, -0.1) is 0 Å². The van der Waals surface area contributed by atoms with Crippen LogP contribution in [0.5, 0.6) is 17.2 Å². The zero-order valence-corrected chi connectivity index (χ0v) is 25.4. The number of carbonyl (C=O) groups is 2. The predicted molar refractivity (Wildman–Crippen MR) is 164 cm³/mol. The number of hydrogen-bond donors (Lipinski definition) is 2. The summed E-state index contributed by atoms with van der Waals surface area (Å²) < 4.78 is 27.1. The van der Waals surface area contributed by atoms with Crippen molar-refractivity contribution in [1.82, 2.24) is 4.90 Å². The maximum absolute atomic E-state index is 13.6. The van der Waals surface area contributed by atoms with Gasteiger partial charge in [-0.1, -0.05) is 50.2 Å². The van der Waals surface area contributed by atoms with Crippen LogP contribution in [-0.4, -0.2) is 68.9 Å². The Kier molecular flexibility index (Phi) is 10.4. The van der Waals surface area contributed by atoms with Crippen LogP contribution in [0.3, 0.4) is 0 Å². The van der Waals surface area contributed by atoms with Crippen LogP contribution >= 0.6 is 0 Å². The van der Waals surface area contributed by atoms with E-state index in [9.17, 15) is 14.7 Å². The Balaban J connectivity index is 1.42. The molecule has 10 nitrogen and oxygen atoms in total. The third-order valence-corrected chi connectivity index (χ3v) is 8.28. The van der Waals surface area contributed by atoms with Crippen molar-refractivity contribution >= 4 is 17.6 Å². The van der Waals surface area contributed by atoms with Gasteiger partial charge in [0.2, 0.25) is 12.7 Å². The number of likely N-dealkylation sites (tertiary alicyclic amines) is 1. The van der Waals surface area contributed by atoms with Gasteiger partial charge in [-0.05, 0) is 59.4 Å². The van der Waals surface area contributed by atoms with E-state index in [1.807, 2.05) is 53.4 Å². The number of nitrogens with zero attached hydrogens (tertiary/aromatic N) is 1. The van der Waals surface area contributed by atoms with Gasteiger partial charge in [0.25, 0.3) is 0 Å². The van der Waals surface area contributed by atoms with Crippen LogP contribution < -0.4 is 19.5 Å². The lowest BCUT2D eigenvalue weighted by Gasteiger charge is -2.27. The average molecular weight is 605 g/mol. The Morgan fingerprint density at radius 1 is 0.955 bits per heavy atom. The molecule has 0 bridgehead atoms. The summed E-state index contributed by atoms with van der Waals surface area (Å²) in [6.07, 6.45) is 1.57. The summed E-state index contributed by atoms with van der Waals surface area (Å²) in [5.41, 5.74) is 4.59. The highest BCUT2D eigenvalue weighted by atomic mass is 16.7. The topological polar surface area (TPSA) is 116 Å². The number of carboxylic acids is 1. The third-order valence-electron chi connectivity index (χ3n) is 8.28. The number of benzene rings is 3. The average Bonchev–Trinajstić information content (AvgIpc) is 3.66. The molecule has 44 heavy (non-hydrogen) atoms. The van der Waals surface area contributed by atoms with Gasteiger partial charge in [0, 0.05) is 31.3 Å². The summed E-state index contributed by atoms with van der Waals surface area (Å²) in [6, 6.07) is 18.4. The van der Waals surface area contributed by atoms with Crippen molar-refractivity contribution in [2.75, 3.05) is 52.3 Å². The largest absolute Gasteiger partial charge is 0.481 e. The van der Waals surface area contributed by atoms with Crippen molar-refractivity contribution in [1.29, 1.82) is 0 Å². The highest BCUT2D eigenvalue weighted by molar-refractivity contribution is 5.94. The first-order chi connectivity index (χ1) is 21.4. The summed E-state index contributed by atoms with van der Waals surface area (Å²) in [6.45, 7) is 5.61. The van der Waals surface area contributed by atoms with Crippen LogP contribution in [0.4, 0.5) is 5.69 Å². The van der Waals surface area contributed by atoms with E-state index in [0.29, 0.717) is 37.0 Å². The molecule has 0 spiro atoms. The molecule has 1 saturated heterocycles. The first kappa shape index (κ1) is 31.3. The molecule has 10 heteroatoms. The van der Waals surface area contributed by atoms with E-state index in [2.05, 4.69) is 19.2 Å². The molecule has 0 radical (unpaired) electrons. The number of carboxylic acid groups (broad SMARTS) is 1. The van der Waals surface area contributed by atoms with Crippen molar-refractivity contribution in [3.8, 4) is 17.2 Å². The highest BCUT2D eigenvalue weighted by Crippen LogP contribution is 2.47. The zero-order chi connectivity index (χ0) is 31.1. The predicted octanol–water partition coefficient (Wildman–Crippen LogP) is 5.02. The number of aliphatic carboxylic acids is 1. The second-order valence-electron chi connectivity index (χ2n) is 10.9. The molecule has 234 valence electrons. The number of methoxy groups -OCH3 is 1. The van der Waals surface area contributed by atoms with Crippen LogP contribution in [0.15, 0.2) is 60.7 Å². The third kappa shape index (κ3) is 6.99. The van der Waals surface area contributed by atoms with E-state index in [1.54, 1.807) is 19.2 Å². The van der Waals surface area contributed by atoms with Gasteiger partial charge in [-0.3, -0.25) is 14.5 Å². The number of carbonyl (C=O) groups excluding carboxylic acids is 1. The van der Waals surface area contributed by atoms with Crippen LogP contribution in [-0.2, 0) is 31.9 Å². The molecule has 1 unspecified atom stereocenters. The molecule has 2 heterocycles. The first-order valence-corrected chi connectivity index (χ1v) is 15.0. The monoisotopic (exact) mass is 604 g/mol. The molecule has 1 amide bonds. The first-order valence-electron chi connectivity index (χ1n) is 15.0. The molecule has 3 aromatic rings. The van der Waals surface area contributed by atoms with Crippen LogP contribution in [0.2, 0.25) is 0 Å². The highest BCUT2D eigenvalue weighted by Gasteiger charge is 2.48. The molecule has 2 aliphatic heterocycles. The van der Waals surface area contributed by atoms with E-state index in [4.69, 9.17) is 23.7 Å². The lowest BCUT2D eigenvalue weighted by molar-refractivity contribution is -0.143. The van der Waals surface area contributed by atoms with Gasteiger partial charge < -0.3 is 34.1 Å². The lowest BCUT2D eigenvalue weighted by atomic mass is 9.82. The smallest absolute Gasteiger partial charge is 0.309 e. The number of ether oxygens (including phenoxy) is 5. The van der Waals surface area contributed by atoms with Crippen LogP contribution in [0, 0.1) is 5.92 Å². The Bertz CT molecular complexity index is 1420. The minimum atomic E-state index is -0.933. The fraction of sp³-hybridized carbons (Fsp3) is 0.412. The van der Waals surface area contributed by atoms with E-state index in [-0.39, 0.29) is 32.0 Å². The van der Waals surface area contributed by atoms with Crippen molar-refractivity contribution in [2.45, 2.75) is 38.6 Å². The fourth-order valence-electron chi connectivity index (χ4n) is 6.11. The zero-order valence-electron chi connectivity index (χ0n) is 25.4. The van der Waals surface area contributed by atoms with Gasteiger partial charge >= 0.3 is 5.97 Å². The Morgan fingerprint density at radius 3 is 2.34 bits per heavy atom. The number of rotatable bonds is 14. The van der Waals surface area contributed by atoms with Gasteiger partial charge in [-0.25, -0.2) is 0 Å². The van der Waals surface area contributed by atoms with E-state index in [0.717, 1.165) is 40.8 Å². The van der Waals surface area contributed by atoms with Gasteiger partial charge in [0.15, 0.2) is 18.3 Å². The lowest BCUT2D eigenvalue weighted by Crippen LogP contribution is -2.35. The summed E-state index contributed by atoms with van der Waals surface area (Å²) >= 11 is 0. The number of para-hydroxylation sites is 1. The molecular weight excluding hydrogens is 564 g/mol. The number of fused-ring (bicyclic) bond motifs is 1.